The number of aromatic nitrogens is 1. The van der Waals surface area contributed by atoms with E-state index in [4.69, 9.17) is 9.84 Å². The first kappa shape index (κ1) is 14.4. The second kappa shape index (κ2) is 7.66. The Kier molecular flexibility index (Phi) is 6.14. The summed E-state index contributed by atoms with van der Waals surface area (Å²) >= 11 is 0. The highest BCUT2D eigenvalue weighted by Gasteiger charge is 2.15. The van der Waals surface area contributed by atoms with Crippen LogP contribution in [0.2, 0.25) is 0 Å². The van der Waals surface area contributed by atoms with Gasteiger partial charge in [-0.2, -0.15) is 0 Å². The number of rotatable bonds is 7. The van der Waals surface area contributed by atoms with Crippen LogP contribution < -0.4 is 4.74 Å². The van der Waals surface area contributed by atoms with Crippen LogP contribution in [-0.4, -0.2) is 48.2 Å². The Labute approximate surface area is 107 Å². The van der Waals surface area contributed by atoms with E-state index in [2.05, 4.69) is 4.98 Å². The Morgan fingerprint density at radius 2 is 2.22 bits per heavy atom. The van der Waals surface area contributed by atoms with Crippen LogP contribution in [-0.2, 0) is 0 Å². The molecule has 0 aromatic carbocycles. The molecular formula is C13H20N2O3. The third-order valence-corrected chi connectivity index (χ3v) is 2.73. The second-order valence-electron chi connectivity index (χ2n) is 4.09. The number of hydrogen-bond acceptors (Lipinski definition) is 4. The van der Waals surface area contributed by atoms with Gasteiger partial charge in [-0.15, -0.1) is 0 Å². The predicted octanol–water partition coefficient (Wildman–Crippen LogP) is 1.32. The molecule has 5 nitrogen and oxygen atoms in total. The average Bonchev–Trinajstić information content (AvgIpc) is 2.42. The maximum atomic E-state index is 12.2. The van der Waals surface area contributed by atoms with Gasteiger partial charge in [0.1, 0.15) is 5.75 Å². The first-order chi connectivity index (χ1) is 8.70. The van der Waals surface area contributed by atoms with E-state index in [0.29, 0.717) is 17.9 Å². The Morgan fingerprint density at radius 3 is 2.89 bits per heavy atom. The van der Waals surface area contributed by atoms with E-state index < -0.39 is 0 Å². The van der Waals surface area contributed by atoms with Crippen molar-refractivity contribution in [2.75, 3.05) is 27.3 Å². The molecule has 0 spiro atoms. The van der Waals surface area contributed by atoms with Crippen LogP contribution in [0.1, 0.15) is 29.6 Å². The standard InChI is InChI=1S/C13H20N2O3/c1-15(8-4-3-5-9-16)13(17)11-6-7-14-10-12(11)18-2/h6-7,10,16H,3-5,8-9H2,1-2H3. The molecule has 18 heavy (non-hydrogen) atoms. The van der Waals surface area contributed by atoms with Crippen LogP contribution >= 0.6 is 0 Å². The molecule has 5 heteroatoms. The molecular weight excluding hydrogens is 232 g/mol. The lowest BCUT2D eigenvalue weighted by molar-refractivity contribution is 0.0788. The summed E-state index contributed by atoms with van der Waals surface area (Å²) in [5, 5.41) is 8.68. The first-order valence-corrected chi connectivity index (χ1v) is 6.05. The number of hydrogen-bond donors (Lipinski definition) is 1. The minimum atomic E-state index is -0.0711. The largest absolute Gasteiger partial charge is 0.494 e. The van der Waals surface area contributed by atoms with Gasteiger partial charge in [0.05, 0.1) is 18.9 Å². The number of amides is 1. The van der Waals surface area contributed by atoms with Crippen molar-refractivity contribution in [2.45, 2.75) is 19.3 Å². The summed E-state index contributed by atoms with van der Waals surface area (Å²) in [4.78, 5) is 17.7. The third-order valence-electron chi connectivity index (χ3n) is 2.73. The lowest BCUT2D eigenvalue weighted by atomic mass is 10.2. The van der Waals surface area contributed by atoms with Crippen molar-refractivity contribution in [3.8, 4) is 5.75 Å². The molecule has 0 saturated heterocycles. The van der Waals surface area contributed by atoms with Crippen molar-refractivity contribution in [3.63, 3.8) is 0 Å². The molecule has 1 rings (SSSR count). The van der Waals surface area contributed by atoms with Crippen molar-refractivity contribution in [1.29, 1.82) is 0 Å². The molecule has 0 saturated carbocycles. The SMILES string of the molecule is COc1cnccc1C(=O)N(C)CCCCCO. The fourth-order valence-electron chi connectivity index (χ4n) is 1.66. The smallest absolute Gasteiger partial charge is 0.257 e. The summed E-state index contributed by atoms with van der Waals surface area (Å²) in [5.74, 6) is 0.419. The summed E-state index contributed by atoms with van der Waals surface area (Å²) < 4.78 is 5.12. The minimum absolute atomic E-state index is 0.0711. The maximum absolute atomic E-state index is 12.2. The number of pyridine rings is 1. The molecule has 1 amide bonds. The normalized spacial score (nSPS) is 10.2. The van der Waals surface area contributed by atoms with Gasteiger partial charge < -0.3 is 14.7 Å². The summed E-state index contributed by atoms with van der Waals surface area (Å²) in [6.07, 6.45) is 5.70. The van der Waals surface area contributed by atoms with Crippen LogP contribution in [0.3, 0.4) is 0 Å². The molecule has 0 aliphatic carbocycles. The van der Waals surface area contributed by atoms with Crippen molar-refractivity contribution in [1.82, 2.24) is 9.88 Å². The average molecular weight is 252 g/mol. The molecule has 1 aromatic rings. The molecule has 100 valence electrons. The quantitative estimate of drug-likeness (QED) is 0.743. The molecule has 0 atom stereocenters. The third kappa shape index (κ3) is 4.00. The molecule has 0 bridgehead atoms. The zero-order valence-electron chi connectivity index (χ0n) is 10.9. The van der Waals surface area contributed by atoms with Crippen molar-refractivity contribution >= 4 is 5.91 Å². The maximum Gasteiger partial charge on any atom is 0.257 e. The molecule has 0 fully saturated rings. The minimum Gasteiger partial charge on any atom is -0.494 e. The van der Waals surface area contributed by atoms with Gasteiger partial charge in [-0.1, -0.05) is 0 Å². The molecule has 0 radical (unpaired) electrons. The van der Waals surface area contributed by atoms with E-state index >= 15 is 0 Å². The van der Waals surface area contributed by atoms with Crippen LogP contribution in [0.4, 0.5) is 0 Å². The summed E-state index contributed by atoms with van der Waals surface area (Å²) in [7, 11) is 3.29. The number of aliphatic hydroxyl groups excluding tert-OH is 1. The Bertz CT molecular complexity index is 382. The van der Waals surface area contributed by atoms with Crippen LogP contribution in [0.25, 0.3) is 0 Å². The van der Waals surface area contributed by atoms with Gasteiger partial charge in [0.15, 0.2) is 0 Å². The van der Waals surface area contributed by atoms with E-state index in [0.717, 1.165) is 19.3 Å². The zero-order chi connectivity index (χ0) is 13.4. The topological polar surface area (TPSA) is 62.7 Å². The Balaban J connectivity index is 2.57. The number of methoxy groups -OCH3 is 1. The lowest BCUT2D eigenvalue weighted by Gasteiger charge is -2.18. The van der Waals surface area contributed by atoms with Crippen LogP contribution in [0.5, 0.6) is 5.75 Å². The fraction of sp³-hybridized carbons (Fsp3) is 0.538. The van der Waals surface area contributed by atoms with Gasteiger partial charge in [0, 0.05) is 26.4 Å². The Morgan fingerprint density at radius 1 is 1.44 bits per heavy atom. The Hall–Kier alpha value is -1.62. The number of aliphatic hydroxyl groups is 1. The lowest BCUT2D eigenvalue weighted by Crippen LogP contribution is -2.28. The van der Waals surface area contributed by atoms with E-state index in [-0.39, 0.29) is 12.5 Å². The highest BCUT2D eigenvalue weighted by molar-refractivity contribution is 5.96. The van der Waals surface area contributed by atoms with Crippen LogP contribution in [0.15, 0.2) is 18.5 Å². The van der Waals surface area contributed by atoms with Crippen LogP contribution in [0, 0.1) is 0 Å². The number of carbonyl (C=O) groups excluding carboxylic acids is 1. The van der Waals surface area contributed by atoms with E-state index in [1.165, 1.54) is 13.3 Å². The summed E-state index contributed by atoms with van der Waals surface area (Å²) in [6.45, 7) is 0.875. The van der Waals surface area contributed by atoms with Crippen molar-refractivity contribution < 1.29 is 14.6 Å². The zero-order valence-corrected chi connectivity index (χ0v) is 10.9. The summed E-state index contributed by atoms with van der Waals surface area (Å²) in [5.41, 5.74) is 0.525. The van der Waals surface area contributed by atoms with Gasteiger partial charge in [-0.25, -0.2) is 0 Å². The molecule has 0 aliphatic heterocycles. The van der Waals surface area contributed by atoms with E-state index in [1.807, 2.05) is 0 Å². The van der Waals surface area contributed by atoms with Gasteiger partial charge in [0.25, 0.3) is 5.91 Å². The van der Waals surface area contributed by atoms with Crippen molar-refractivity contribution in [3.05, 3.63) is 24.0 Å². The van der Waals surface area contributed by atoms with Gasteiger partial charge in [-0.05, 0) is 25.3 Å². The molecule has 1 heterocycles. The summed E-state index contributed by atoms with van der Waals surface area (Å²) in [6, 6.07) is 1.66. The second-order valence-corrected chi connectivity index (χ2v) is 4.09. The van der Waals surface area contributed by atoms with Crippen molar-refractivity contribution in [2.24, 2.45) is 0 Å². The fourth-order valence-corrected chi connectivity index (χ4v) is 1.66. The number of carbonyl (C=O) groups is 1. The van der Waals surface area contributed by atoms with Gasteiger partial charge in [0.2, 0.25) is 0 Å². The number of nitrogens with zero attached hydrogens (tertiary/aromatic N) is 2. The van der Waals surface area contributed by atoms with Gasteiger partial charge >= 0.3 is 0 Å². The predicted molar refractivity (Wildman–Crippen MR) is 68.7 cm³/mol. The highest BCUT2D eigenvalue weighted by atomic mass is 16.5. The van der Waals surface area contributed by atoms with E-state index in [9.17, 15) is 4.79 Å². The first-order valence-electron chi connectivity index (χ1n) is 6.05. The molecule has 0 aliphatic rings. The molecule has 1 aromatic heterocycles. The van der Waals surface area contributed by atoms with Gasteiger partial charge in [-0.3, -0.25) is 9.78 Å². The number of ether oxygens (including phenoxy) is 1. The highest BCUT2D eigenvalue weighted by Crippen LogP contribution is 2.17. The molecule has 0 unspecified atom stereocenters. The molecule has 1 N–H and O–H groups in total. The monoisotopic (exact) mass is 252 g/mol. The number of unbranched alkanes of at least 4 members (excludes halogenated alkanes) is 2. The van der Waals surface area contributed by atoms with E-state index in [1.54, 1.807) is 24.2 Å².